The van der Waals surface area contributed by atoms with Gasteiger partial charge in [0, 0.05) is 23.1 Å². The molecule has 2 N–H and O–H groups in total. The maximum absolute atomic E-state index is 11.9. The number of nitrogens with two attached hydrogens (primary N) is 1. The molecule has 0 saturated heterocycles. The quantitative estimate of drug-likeness (QED) is 0.716. The second-order valence-electron chi connectivity index (χ2n) is 4.87. The number of carbonyl (C=O) groups excluding carboxylic acids is 1. The molecular formula is C17H14ClN3OS. The SMILES string of the molecule is NC(=O)[C@@H](Sc1nccn1-c1cccc(Cl)c1)c1ccccc1. The van der Waals surface area contributed by atoms with Crippen LogP contribution in [0.3, 0.4) is 0 Å². The lowest BCUT2D eigenvalue weighted by atomic mass is 10.1. The molecule has 0 spiro atoms. The Kier molecular flexibility index (Phi) is 4.69. The normalized spacial score (nSPS) is 12.0. The van der Waals surface area contributed by atoms with Crippen LogP contribution in [0.15, 0.2) is 72.1 Å². The number of hydrogen-bond donors (Lipinski definition) is 1. The van der Waals surface area contributed by atoms with Crippen molar-refractivity contribution in [1.29, 1.82) is 0 Å². The van der Waals surface area contributed by atoms with Crippen molar-refractivity contribution >= 4 is 29.3 Å². The molecule has 0 bridgehead atoms. The number of thioether (sulfide) groups is 1. The fourth-order valence-electron chi connectivity index (χ4n) is 2.22. The van der Waals surface area contributed by atoms with Gasteiger partial charge in [-0.2, -0.15) is 0 Å². The fraction of sp³-hybridized carbons (Fsp3) is 0.0588. The van der Waals surface area contributed by atoms with Gasteiger partial charge in [-0.05, 0) is 23.8 Å². The van der Waals surface area contributed by atoms with Crippen LogP contribution in [0.2, 0.25) is 5.02 Å². The van der Waals surface area contributed by atoms with Crippen molar-refractivity contribution in [2.45, 2.75) is 10.4 Å². The Hall–Kier alpha value is -2.24. The maximum atomic E-state index is 11.9. The average Bonchev–Trinajstić information content (AvgIpc) is 3.01. The van der Waals surface area contributed by atoms with Crippen molar-refractivity contribution in [3.05, 3.63) is 77.6 Å². The topological polar surface area (TPSA) is 60.9 Å². The van der Waals surface area contributed by atoms with E-state index < -0.39 is 11.2 Å². The Balaban J connectivity index is 1.94. The van der Waals surface area contributed by atoms with E-state index in [4.69, 9.17) is 17.3 Å². The smallest absolute Gasteiger partial charge is 0.235 e. The third-order valence-electron chi connectivity index (χ3n) is 3.28. The van der Waals surface area contributed by atoms with Crippen molar-refractivity contribution in [1.82, 2.24) is 9.55 Å². The highest BCUT2D eigenvalue weighted by atomic mass is 35.5. The van der Waals surface area contributed by atoms with Crippen molar-refractivity contribution in [2.75, 3.05) is 0 Å². The predicted octanol–water partition coefficient (Wildman–Crippen LogP) is 3.84. The monoisotopic (exact) mass is 343 g/mol. The first-order chi connectivity index (χ1) is 11.1. The standard InChI is InChI=1S/C17H14ClN3OS/c18-13-7-4-8-14(11-13)21-10-9-20-17(21)23-15(16(19)22)12-5-2-1-3-6-12/h1-11,15H,(H2,19,22)/t15-/m0/s1. The number of rotatable bonds is 5. The van der Waals surface area contributed by atoms with E-state index >= 15 is 0 Å². The third-order valence-corrected chi connectivity index (χ3v) is 4.77. The minimum Gasteiger partial charge on any atom is -0.368 e. The van der Waals surface area contributed by atoms with E-state index in [0.29, 0.717) is 10.2 Å². The summed E-state index contributed by atoms with van der Waals surface area (Å²) < 4.78 is 1.88. The number of halogens is 1. The molecule has 0 fully saturated rings. The Labute approximate surface area is 143 Å². The van der Waals surface area contributed by atoms with Gasteiger partial charge in [0.15, 0.2) is 5.16 Å². The summed E-state index contributed by atoms with van der Waals surface area (Å²) in [4.78, 5) is 16.2. The van der Waals surface area contributed by atoms with Gasteiger partial charge in [-0.25, -0.2) is 4.98 Å². The fourth-order valence-corrected chi connectivity index (χ4v) is 3.43. The number of nitrogens with zero attached hydrogens (tertiary/aromatic N) is 2. The zero-order chi connectivity index (χ0) is 16.2. The molecular weight excluding hydrogens is 330 g/mol. The van der Waals surface area contributed by atoms with Crippen LogP contribution in [0.5, 0.6) is 0 Å². The number of imidazole rings is 1. The summed E-state index contributed by atoms with van der Waals surface area (Å²) in [5, 5.41) is 0.818. The summed E-state index contributed by atoms with van der Waals surface area (Å²) in [7, 11) is 0. The van der Waals surface area contributed by atoms with E-state index in [2.05, 4.69) is 4.98 Å². The van der Waals surface area contributed by atoms with E-state index in [0.717, 1.165) is 11.3 Å². The number of hydrogen-bond acceptors (Lipinski definition) is 3. The molecule has 0 aliphatic heterocycles. The molecule has 6 heteroatoms. The van der Waals surface area contributed by atoms with Gasteiger partial charge < -0.3 is 5.73 Å². The van der Waals surface area contributed by atoms with Crippen molar-refractivity contribution in [3.63, 3.8) is 0 Å². The Morgan fingerprint density at radius 3 is 2.65 bits per heavy atom. The first-order valence-electron chi connectivity index (χ1n) is 6.95. The molecule has 23 heavy (non-hydrogen) atoms. The lowest BCUT2D eigenvalue weighted by Crippen LogP contribution is -2.19. The van der Waals surface area contributed by atoms with E-state index in [-0.39, 0.29) is 0 Å². The molecule has 0 unspecified atom stereocenters. The van der Waals surface area contributed by atoms with Gasteiger partial charge in [0.1, 0.15) is 5.25 Å². The van der Waals surface area contributed by atoms with E-state index in [1.54, 1.807) is 6.20 Å². The molecule has 1 atom stereocenters. The van der Waals surface area contributed by atoms with Gasteiger partial charge in [-0.15, -0.1) is 0 Å². The summed E-state index contributed by atoms with van der Waals surface area (Å²) in [6.07, 6.45) is 3.52. The summed E-state index contributed by atoms with van der Waals surface area (Å²) in [5.74, 6) is -0.401. The van der Waals surface area contributed by atoms with Crippen LogP contribution >= 0.6 is 23.4 Å². The summed E-state index contributed by atoms with van der Waals surface area (Å²) in [6, 6.07) is 16.9. The number of amides is 1. The van der Waals surface area contributed by atoms with Crippen LogP contribution in [0, 0.1) is 0 Å². The second kappa shape index (κ2) is 6.89. The lowest BCUT2D eigenvalue weighted by Gasteiger charge is -2.14. The van der Waals surface area contributed by atoms with Crippen LogP contribution in [0.1, 0.15) is 10.8 Å². The summed E-state index contributed by atoms with van der Waals surface area (Å²) >= 11 is 7.37. The van der Waals surface area contributed by atoms with Crippen LogP contribution < -0.4 is 5.73 Å². The number of carbonyl (C=O) groups is 1. The van der Waals surface area contributed by atoms with Crippen LogP contribution in [-0.4, -0.2) is 15.5 Å². The number of benzene rings is 2. The molecule has 1 amide bonds. The van der Waals surface area contributed by atoms with Crippen molar-refractivity contribution < 1.29 is 4.79 Å². The van der Waals surface area contributed by atoms with Gasteiger partial charge >= 0.3 is 0 Å². The molecule has 0 aliphatic carbocycles. The minimum absolute atomic E-state index is 0.401. The highest BCUT2D eigenvalue weighted by molar-refractivity contribution is 8.00. The average molecular weight is 344 g/mol. The van der Waals surface area contributed by atoms with Crippen LogP contribution in [-0.2, 0) is 4.79 Å². The molecule has 4 nitrogen and oxygen atoms in total. The van der Waals surface area contributed by atoms with Crippen LogP contribution in [0.25, 0.3) is 5.69 Å². The first-order valence-corrected chi connectivity index (χ1v) is 8.21. The largest absolute Gasteiger partial charge is 0.368 e. The van der Waals surface area contributed by atoms with Gasteiger partial charge in [-0.3, -0.25) is 9.36 Å². The molecule has 3 rings (SSSR count). The Morgan fingerprint density at radius 1 is 1.17 bits per heavy atom. The number of aromatic nitrogens is 2. The molecule has 3 aromatic rings. The Bertz CT molecular complexity index is 819. The van der Waals surface area contributed by atoms with Crippen molar-refractivity contribution in [3.8, 4) is 5.69 Å². The summed E-state index contributed by atoms with van der Waals surface area (Å²) in [6.45, 7) is 0. The third kappa shape index (κ3) is 3.57. The van der Waals surface area contributed by atoms with E-state index in [9.17, 15) is 4.79 Å². The van der Waals surface area contributed by atoms with Crippen molar-refractivity contribution in [2.24, 2.45) is 5.73 Å². The van der Waals surface area contributed by atoms with Gasteiger partial charge in [0.05, 0.1) is 0 Å². The molecule has 0 saturated carbocycles. The van der Waals surface area contributed by atoms with Crippen LogP contribution in [0.4, 0.5) is 0 Å². The van der Waals surface area contributed by atoms with Gasteiger partial charge in [0.25, 0.3) is 0 Å². The molecule has 1 aromatic heterocycles. The highest BCUT2D eigenvalue weighted by Crippen LogP contribution is 2.35. The molecule has 0 radical (unpaired) electrons. The minimum atomic E-state index is -0.503. The zero-order valence-electron chi connectivity index (χ0n) is 12.1. The lowest BCUT2D eigenvalue weighted by molar-refractivity contribution is -0.117. The Morgan fingerprint density at radius 2 is 1.96 bits per heavy atom. The molecule has 0 aliphatic rings. The first kappa shape index (κ1) is 15.6. The predicted molar refractivity (Wildman–Crippen MR) is 92.8 cm³/mol. The molecule has 116 valence electrons. The molecule has 2 aromatic carbocycles. The second-order valence-corrected chi connectivity index (χ2v) is 6.38. The van der Waals surface area contributed by atoms with Gasteiger partial charge in [-0.1, -0.05) is 59.8 Å². The molecule has 1 heterocycles. The number of primary amides is 1. The van der Waals surface area contributed by atoms with E-state index in [1.807, 2.05) is 65.4 Å². The highest BCUT2D eigenvalue weighted by Gasteiger charge is 2.21. The van der Waals surface area contributed by atoms with Gasteiger partial charge in [0.2, 0.25) is 5.91 Å². The maximum Gasteiger partial charge on any atom is 0.235 e. The van der Waals surface area contributed by atoms with E-state index in [1.165, 1.54) is 11.8 Å². The zero-order valence-corrected chi connectivity index (χ0v) is 13.7. The summed E-state index contributed by atoms with van der Waals surface area (Å²) in [5.41, 5.74) is 7.32.